The van der Waals surface area contributed by atoms with Gasteiger partial charge in [0.25, 0.3) is 5.91 Å². The second-order valence-electron chi connectivity index (χ2n) is 7.90. The molecular weight excluding hydrogens is 430 g/mol. The van der Waals surface area contributed by atoms with E-state index < -0.39 is 10.0 Å². The molecule has 1 fully saturated rings. The Labute approximate surface area is 189 Å². The van der Waals surface area contributed by atoms with Crippen LogP contribution in [-0.4, -0.2) is 51.3 Å². The predicted octanol–water partition coefficient (Wildman–Crippen LogP) is 2.87. The van der Waals surface area contributed by atoms with Crippen molar-refractivity contribution >= 4 is 27.5 Å². The molecule has 1 saturated heterocycles. The van der Waals surface area contributed by atoms with E-state index in [1.54, 1.807) is 36.4 Å². The van der Waals surface area contributed by atoms with E-state index in [0.29, 0.717) is 36.0 Å². The Morgan fingerprint density at radius 1 is 1.09 bits per heavy atom. The zero-order valence-corrected chi connectivity index (χ0v) is 19.2. The first-order valence-electron chi connectivity index (χ1n) is 10.6. The first kappa shape index (κ1) is 23.7. The minimum Gasteiger partial charge on any atom is -0.497 e. The second kappa shape index (κ2) is 10.6. The summed E-state index contributed by atoms with van der Waals surface area (Å²) >= 11 is 0. The van der Waals surface area contributed by atoms with E-state index in [2.05, 4.69) is 17.6 Å². The Morgan fingerprint density at radius 3 is 2.44 bits per heavy atom. The molecule has 2 amide bonds. The summed E-state index contributed by atoms with van der Waals surface area (Å²) in [6.07, 6.45) is 1.81. The molecule has 0 aromatic heterocycles. The molecule has 172 valence electrons. The van der Waals surface area contributed by atoms with Gasteiger partial charge in [-0.3, -0.25) is 9.59 Å². The molecule has 0 unspecified atom stereocenters. The van der Waals surface area contributed by atoms with Gasteiger partial charge in [-0.15, -0.1) is 0 Å². The first-order chi connectivity index (χ1) is 15.3. The maximum atomic E-state index is 12.8. The number of nitrogens with zero attached hydrogens (tertiary/aromatic N) is 1. The van der Waals surface area contributed by atoms with Gasteiger partial charge < -0.3 is 15.4 Å². The van der Waals surface area contributed by atoms with Gasteiger partial charge in [0.05, 0.1) is 12.0 Å². The summed E-state index contributed by atoms with van der Waals surface area (Å²) < 4.78 is 32.2. The summed E-state index contributed by atoms with van der Waals surface area (Å²) in [4.78, 5) is 24.6. The minimum atomic E-state index is -3.52. The lowest BCUT2D eigenvalue weighted by Crippen LogP contribution is -2.37. The van der Waals surface area contributed by atoms with Crippen molar-refractivity contribution in [3.8, 4) is 5.75 Å². The molecule has 3 rings (SSSR count). The van der Waals surface area contributed by atoms with Crippen molar-refractivity contribution in [3.05, 3.63) is 54.1 Å². The van der Waals surface area contributed by atoms with Crippen molar-refractivity contribution in [2.75, 3.05) is 32.1 Å². The maximum absolute atomic E-state index is 12.8. The molecule has 1 heterocycles. The number of sulfonamides is 1. The van der Waals surface area contributed by atoms with Gasteiger partial charge in [0.2, 0.25) is 15.9 Å². The van der Waals surface area contributed by atoms with Crippen LogP contribution in [0.25, 0.3) is 0 Å². The highest BCUT2D eigenvalue weighted by Crippen LogP contribution is 2.24. The van der Waals surface area contributed by atoms with Crippen LogP contribution in [0.3, 0.4) is 0 Å². The average Bonchev–Trinajstić information content (AvgIpc) is 2.79. The lowest BCUT2D eigenvalue weighted by molar-refractivity contribution is -0.116. The van der Waals surface area contributed by atoms with Gasteiger partial charge in [-0.25, -0.2) is 8.42 Å². The van der Waals surface area contributed by atoms with E-state index in [4.69, 9.17) is 4.74 Å². The van der Waals surface area contributed by atoms with Crippen LogP contribution in [0.15, 0.2) is 53.4 Å². The van der Waals surface area contributed by atoms with Gasteiger partial charge in [-0.2, -0.15) is 4.31 Å². The molecule has 2 aromatic rings. The van der Waals surface area contributed by atoms with Crippen molar-refractivity contribution in [3.63, 3.8) is 0 Å². The van der Waals surface area contributed by atoms with E-state index in [1.165, 1.54) is 23.5 Å². The Bertz CT molecular complexity index is 1050. The standard InChI is InChI=1S/C23H29N3O5S/c1-17-11-14-26(15-12-17)32(29,30)21-8-6-19(7-9-21)25-22(27)10-13-24-23(28)18-4-3-5-20(16-18)31-2/h3-9,16-17H,10-15H2,1-2H3,(H,24,28)(H,25,27). The van der Waals surface area contributed by atoms with E-state index >= 15 is 0 Å². The fraction of sp³-hybridized carbons (Fsp3) is 0.391. The molecule has 0 radical (unpaired) electrons. The van der Waals surface area contributed by atoms with Crippen LogP contribution in [-0.2, 0) is 14.8 Å². The third kappa shape index (κ3) is 6.08. The molecule has 0 atom stereocenters. The van der Waals surface area contributed by atoms with Gasteiger partial charge in [0.1, 0.15) is 5.75 Å². The number of carbonyl (C=O) groups excluding carboxylic acids is 2. The molecule has 2 aromatic carbocycles. The van der Waals surface area contributed by atoms with E-state index in [9.17, 15) is 18.0 Å². The van der Waals surface area contributed by atoms with Crippen molar-refractivity contribution in [2.45, 2.75) is 31.1 Å². The van der Waals surface area contributed by atoms with Gasteiger partial charge >= 0.3 is 0 Å². The summed E-state index contributed by atoms with van der Waals surface area (Å²) in [5, 5.41) is 5.41. The fourth-order valence-electron chi connectivity index (χ4n) is 3.46. The number of anilines is 1. The lowest BCUT2D eigenvalue weighted by Gasteiger charge is -2.29. The molecule has 1 aliphatic heterocycles. The highest BCUT2D eigenvalue weighted by atomic mass is 32.2. The Balaban J connectivity index is 1.48. The van der Waals surface area contributed by atoms with Crippen LogP contribution in [0.2, 0.25) is 0 Å². The average molecular weight is 460 g/mol. The topological polar surface area (TPSA) is 105 Å². The van der Waals surface area contributed by atoms with Crippen LogP contribution in [0.5, 0.6) is 5.75 Å². The maximum Gasteiger partial charge on any atom is 0.251 e. The summed E-state index contributed by atoms with van der Waals surface area (Å²) in [6, 6.07) is 12.9. The summed E-state index contributed by atoms with van der Waals surface area (Å²) in [6.45, 7) is 3.36. The molecular formula is C23H29N3O5S. The highest BCUT2D eigenvalue weighted by Gasteiger charge is 2.27. The zero-order chi connectivity index (χ0) is 23.1. The Kier molecular flexibility index (Phi) is 7.87. The fourth-order valence-corrected chi connectivity index (χ4v) is 4.93. The number of piperidine rings is 1. The summed E-state index contributed by atoms with van der Waals surface area (Å²) in [5.41, 5.74) is 0.949. The van der Waals surface area contributed by atoms with Crippen molar-refractivity contribution < 1.29 is 22.7 Å². The van der Waals surface area contributed by atoms with Crippen molar-refractivity contribution in [2.24, 2.45) is 5.92 Å². The number of nitrogens with one attached hydrogen (secondary N) is 2. The van der Waals surface area contributed by atoms with Crippen LogP contribution in [0, 0.1) is 5.92 Å². The normalized spacial score (nSPS) is 15.2. The molecule has 1 aliphatic rings. The lowest BCUT2D eigenvalue weighted by atomic mass is 10.0. The number of ether oxygens (including phenoxy) is 1. The number of amides is 2. The van der Waals surface area contributed by atoms with E-state index in [0.717, 1.165) is 12.8 Å². The Morgan fingerprint density at radius 2 is 1.78 bits per heavy atom. The molecule has 9 heteroatoms. The van der Waals surface area contributed by atoms with Gasteiger partial charge in [0, 0.05) is 37.3 Å². The molecule has 32 heavy (non-hydrogen) atoms. The SMILES string of the molecule is COc1cccc(C(=O)NCCC(=O)Nc2ccc(S(=O)(=O)N3CCC(C)CC3)cc2)c1. The largest absolute Gasteiger partial charge is 0.497 e. The molecule has 8 nitrogen and oxygen atoms in total. The van der Waals surface area contributed by atoms with Gasteiger partial charge in [-0.1, -0.05) is 13.0 Å². The van der Waals surface area contributed by atoms with Gasteiger partial charge in [-0.05, 0) is 61.2 Å². The van der Waals surface area contributed by atoms with E-state index in [-0.39, 0.29) is 29.7 Å². The van der Waals surface area contributed by atoms with Crippen LogP contribution < -0.4 is 15.4 Å². The van der Waals surface area contributed by atoms with Crippen LogP contribution in [0.4, 0.5) is 5.69 Å². The van der Waals surface area contributed by atoms with Gasteiger partial charge in [0.15, 0.2) is 0 Å². The monoisotopic (exact) mass is 459 g/mol. The smallest absolute Gasteiger partial charge is 0.251 e. The molecule has 0 bridgehead atoms. The Hall–Kier alpha value is -2.91. The number of methoxy groups -OCH3 is 1. The quantitative estimate of drug-likeness (QED) is 0.632. The third-order valence-corrected chi connectivity index (χ3v) is 7.40. The summed E-state index contributed by atoms with van der Waals surface area (Å²) in [7, 11) is -2.00. The number of carbonyl (C=O) groups is 2. The van der Waals surface area contributed by atoms with Crippen LogP contribution >= 0.6 is 0 Å². The summed E-state index contributed by atoms with van der Waals surface area (Å²) in [5.74, 6) is 0.546. The molecule has 2 N–H and O–H groups in total. The van der Waals surface area contributed by atoms with Crippen molar-refractivity contribution in [1.82, 2.24) is 9.62 Å². The first-order valence-corrected chi connectivity index (χ1v) is 12.1. The second-order valence-corrected chi connectivity index (χ2v) is 9.83. The molecule has 0 aliphatic carbocycles. The van der Waals surface area contributed by atoms with Crippen LogP contribution in [0.1, 0.15) is 36.5 Å². The molecule has 0 saturated carbocycles. The number of rotatable bonds is 8. The zero-order valence-electron chi connectivity index (χ0n) is 18.3. The third-order valence-electron chi connectivity index (χ3n) is 5.49. The number of benzene rings is 2. The van der Waals surface area contributed by atoms with Crippen molar-refractivity contribution in [1.29, 1.82) is 0 Å². The predicted molar refractivity (Wildman–Crippen MR) is 122 cm³/mol. The highest BCUT2D eigenvalue weighted by molar-refractivity contribution is 7.89. The number of hydrogen-bond donors (Lipinski definition) is 2. The number of hydrogen-bond acceptors (Lipinski definition) is 5. The molecule has 0 spiro atoms. The van der Waals surface area contributed by atoms with E-state index in [1.807, 2.05) is 0 Å². The minimum absolute atomic E-state index is 0.0850.